The van der Waals surface area contributed by atoms with Gasteiger partial charge in [-0.3, -0.25) is 9.69 Å². The molecule has 1 N–H and O–H groups in total. The molecule has 0 aromatic heterocycles. The van der Waals surface area contributed by atoms with Crippen LogP contribution in [0, 0.1) is 0 Å². The number of carbonyl (C=O) groups excluding carboxylic acids is 3. The minimum atomic E-state index is -1.03. The largest absolute Gasteiger partial charge is 0.449 e. The van der Waals surface area contributed by atoms with Crippen molar-refractivity contribution in [1.29, 1.82) is 0 Å². The van der Waals surface area contributed by atoms with Gasteiger partial charge in [-0.15, -0.1) is 0 Å². The Bertz CT molecular complexity index is 587. The van der Waals surface area contributed by atoms with E-state index in [1.807, 2.05) is 6.07 Å². The number of ether oxygens (including phenoxy) is 2. The number of nitrogens with zero attached hydrogens (tertiary/aromatic N) is 1. The molecular formula is C15H18N2O5. The van der Waals surface area contributed by atoms with E-state index >= 15 is 0 Å². The van der Waals surface area contributed by atoms with Gasteiger partial charge in [-0.05, 0) is 24.6 Å². The Hall–Kier alpha value is -2.41. The first-order chi connectivity index (χ1) is 10.5. The number of rotatable bonds is 5. The zero-order valence-corrected chi connectivity index (χ0v) is 12.5. The Morgan fingerprint density at radius 2 is 2.18 bits per heavy atom. The number of imide groups is 1. The number of benzene rings is 1. The first-order valence-corrected chi connectivity index (χ1v) is 6.91. The number of urea groups is 1. The number of methoxy groups -OCH3 is 1. The first-order valence-electron chi connectivity index (χ1n) is 6.91. The van der Waals surface area contributed by atoms with E-state index in [4.69, 9.17) is 9.47 Å². The Kier molecular flexibility index (Phi) is 5.11. The molecule has 0 radical (unpaired) electrons. The quantitative estimate of drug-likeness (QED) is 0.818. The first kappa shape index (κ1) is 16.0. The number of esters is 1. The molecular weight excluding hydrogens is 288 g/mol. The molecule has 7 nitrogen and oxygen atoms in total. The molecule has 22 heavy (non-hydrogen) atoms. The fourth-order valence-electron chi connectivity index (χ4n) is 2.14. The third-order valence-electron chi connectivity index (χ3n) is 3.23. The molecule has 1 heterocycles. The lowest BCUT2D eigenvalue weighted by atomic mass is 10.1. The lowest BCUT2D eigenvalue weighted by Gasteiger charge is -2.18. The van der Waals surface area contributed by atoms with Gasteiger partial charge < -0.3 is 14.8 Å². The van der Waals surface area contributed by atoms with Crippen LogP contribution in [0.2, 0.25) is 0 Å². The van der Waals surface area contributed by atoms with E-state index in [9.17, 15) is 14.4 Å². The van der Waals surface area contributed by atoms with Crippen molar-refractivity contribution in [2.75, 3.05) is 20.2 Å². The summed E-state index contributed by atoms with van der Waals surface area (Å²) in [5.74, 6) is -1.14. The normalized spacial score (nSPS) is 15.4. The number of amides is 3. The Morgan fingerprint density at radius 1 is 1.41 bits per heavy atom. The van der Waals surface area contributed by atoms with Gasteiger partial charge in [0.25, 0.3) is 5.91 Å². The summed E-state index contributed by atoms with van der Waals surface area (Å²) in [5, 5.41) is 2.52. The van der Waals surface area contributed by atoms with Crippen LogP contribution in [0.25, 0.3) is 0 Å². The van der Waals surface area contributed by atoms with Gasteiger partial charge in [0.15, 0.2) is 6.10 Å². The van der Waals surface area contributed by atoms with E-state index in [0.717, 1.165) is 10.5 Å². The summed E-state index contributed by atoms with van der Waals surface area (Å²) in [5.41, 5.74) is 1.16. The van der Waals surface area contributed by atoms with Gasteiger partial charge in [0.2, 0.25) is 0 Å². The maximum absolute atomic E-state index is 12.1. The van der Waals surface area contributed by atoms with Crippen molar-refractivity contribution in [1.82, 2.24) is 10.2 Å². The lowest BCUT2D eigenvalue weighted by molar-refractivity contribution is -0.136. The van der Waals surface area contributed by atoms with E-state index in [0.29, 0.717) is 18.7 Å². The second kappa shape index (κ2) is 7.04. The third kappa shape index (κ3) is 3.62. The van der Waals surface area contributed by atoms with Crippen molar-refractivity contribution < 1.29 is 23.9 Å². The Labute approximate surface area is 128 Å². The zero-order valence-electron chi connectivity index (χ0n) is 12.5. The smallest absolute Gasteiger partial charge is 0.338 e. The number of nitrogens with one attached hydrogen (secondary N) is 1. The van der Waals surface area contributed by atoms with Gasteiger partial charge in [-0.1, -0.05) is 12.1 Å². The lowest BCUT2D eigenvalue weighted by Crippen LogP contribution is -2.41. The molecule has 1 saturated heterocycles. The second-order valence-corrected chi connectivity index (χ2v) is 4.90. The van der Waals surface area contributed by atoms with Crippen LogP contribution >= 0.6 is 0 Å². The number of hydrogen-bond donors (Lipinski definition) is 1. The number of hydrogen-bond acceptors (Lipinski definition) is 5. The molecule has 2 rings (SSSR count). The Morgan fingerprint density at radius 3 is 2.82 bits per heavy atom. The highest BCUT2D eigenvalue weighted by Gasteiger charge is 2.31. The van der Waals surface area contributed by atoms with Crippen LogP contribution in [0.1, 0.15) is 22.8 Å². The maximum atomic E-state index is 12.1. The molecule has 3 amide bonds. The highest BCUT2D eigenvalue weighted by molar-refractivity contribution is 5.99. The van der Waals surface area contributed by atoms with E-state index in [1.54, 1.807) is 25.3 Å². The third-order valence-corrected chi connectivity index (χ3v) is 3.23. The molecule has 1 aliphatic rings. The van der Waals surface area contributed by atoms with E-state index < -0.39 is 24.0 Å². The van der Waals surface area contributed by atoms with Crippen LogP contribution in [-0.2, 0) is 20.9 Å². The van der Waals surface area contributed by atoms with Gasteiger partial charge >= 0.3 is 12.0 Å². The van der Waals surface area contributed by atoms with Crippen molar-refractivity contribution in [3.63, 3.8) is 0 Å². The summed E-state index contributed by atoms with van der Waals surface area (Å²) in [6.45, 7) is 2.52. The van der Waals surface area contributed by atoms with E-state index in [1.165, 1.54) is 6.92 Å². The summed E-state index contributed by atoms with van der Waals surface area (Å²) in [7, 11) is 1.56. The summed E-state index contributed by atoms with van der Waals surface area (Å²) in [4.78, 5) is 36.6. The molecule has 0 saturated carbocycles. The minimum absolute atomic E-state index is 0.281. The van der Waals surface area contributed by atoms with Crippen molar-refractivity contribution in [3.05, 3.63) is 35.4 Å². The molecule has 0 aliphatic carbocycles. The fourth-order valence-corrected chi connectivity index (χ4v) is 2.14. The van der Waals surface area contributed by atoms with Crippen LogP contribution in [-0.4, -0.2) is 49.1 Å². The molecule has 1 unspecified atom stereocenters. The van der Waals surface area contributed by atoms with Gasteiger partial charge in [0, 0.05) is 20.2 Å². The molecule has 1 aliphatic heterocycles. The van der Waals surface area contributed by atoms with Crippen molar-refractivity contribution in [2.24, 2.45) is 0 Å². The van der Waals surface area contributed by atoms with Crippen LogP contribution in [0.5, 0.6) is 0 Å². The molecule has 1 atom stereocenters. The molecule has 0 spiro atoms. The molecule has 1 aromatic carbocycles. The minimum Gasteiger partial charge on any atom is -0.449 e. The Balaban J connectivity index is 2.00. The van der Waals surface area contributed by atoms with Crippen LogP contribution < -0.4 is 5.32 Å². The van der Waals surface area contributed by atoms with Gasteiger partial charge in [-0.2, -0.15) is 0 Å². The monoisotopic (exact) mass is 306 g/mol. The van der Waals surface area contributed by atoms with E-state index in [-0.39, 0.29) is 6.54 Å². The topological polar surface area (TPSA) is 84.9 Å². The molecule has 1 fully saturated rings. The zero-order chi connectivity index (χ0) is 16.1. The van der Waals surface area contributed by atoms with E-state index in [2.05, 4.69) is 5.32 Å². The summed E-state index contributed by atoms with van der Waals surface area (Å²) < 4.78 is 10.1. The maximum Gasteiger partial charge on any atom is 0.338 e. The van der Waals surface area contributed by atoms with Gasteiger partial charge in [0.1, 0.15) is 0 Å². The summed E-state index contributed by atoms with van der Waals surface area (Å²) in [6, 6.07) is 6.32. The molecule has 118 valence electrons. The summed E-state index contributed by atoms with van der Waals surface area (Å²) in [6.07, 6.45) is -1.03. The second-order valence-electron chi connectivity index (χ2n) is 4.90. The van der Waals surface area contributed by atoms with Gasteiger partial charge in [-0.25, -0.2) is 9.59 Å². The summed E-state index contributed by atoms with van der Waals surface area (Å²) >= 11 is 0. The van der Waals surface area contributed by atoms with Crippen LogP contribution in [0.4, 0.5) is 4.79 Å². The average molecular weight is 306 g/mol. The van der Waals surface area contributed by atoms with Crippen LogP contribution in [0.3, 0.4) is 0 Å². The molecule has 1 aromatic rings. The van der Waals surface area contributed by atoms with Gasteiger partial charge in [0.05, 0.1) is 12.2 Å². The number of carbonyl (C=O) groups is 3. The molecule has 0 bridgehead atoms. The SMILES string of the molecule is COCc1cccc(C(=O)OC(C)C(=O)N2CCNC2=O)c1. The average Bonchev–Trinajstić information content (AvgIpc) is 2.93. The predicted octanol–water partition coefficient (Wildman–Crippen LogP) is 0.930. The van der Waals surface area contributed by atoms with Crippen molar-refractivity contribution in [2.45, 2.75) is 19.6 Å². The highest BCUT2D eigenvalue weighted by Crippen LogP contribution is 2.11. The molecule has 7 heteroatoms. The fraction of sp³-hybridized carbons (Fsp3) is 0.400. The standard InChI is InChI=1S/C15H18N2O5/c1-10(13(18)17-7-6-16-15(17)20)22-14(19)12-5-3-4-11(8-12)9-21-2/h3-5,8,10H,6-7,9H2,1-2H3,(H,16,20). The predicted molar refractivity (Wildman–Crippen MR) is 77.1 cm³/mol. The van der Waals surface area contributed by atoms with Crippen molar-refractivity contribution >= 4 is 17.9 Å². The highest BCUT2D eigenvalue weighted by atomic mass is 16.5. The van der Waals surface area contributed by atoms with Crippen molar-refractivity contribution in [3.8, 4) is 0 Å². The van der Waals surface area contributed by atoms with Crippen LogP contribution in [0.15, 0.2) is 24.3 Å².